The summed E-state index contributed by atoms with van der Waals surface area (Å²) in [6.45, 7) is 13.3. The van der Waals surface area contributed by atoms with Crippen molar-refractivity contribution in [3.05, 3.63) is 117 Å². The van der Waals surface area contributed by atoms with Gasteiger partial charge in [0.05, 0.1) is 46.4 Å². The number of carbonyl (C=O) groups excluding carboxylic acids is 2. The predicted octanol–water partition coefficient (Wildman–Crippen LogP) is 8.92. The molecule has 2 aliphatic carbocycles. The molecule has 4 heterocycles. The van der Waals surface area contributed by atoms with E-state index in [2.05, 4.69) is 52.3 Å². The van der Waals surface area contributed by atoms with Crippen LogP contribution in [0.25, 0.3) is 33.8 Å². The molecular formula is C49H54BrFN10O4S. The molecule has 4 aromatic heterocycles. The smallest absolute Gasteiger partial charge is 0.251 e. The van der Waals surface area contributed by atoms with Crippen molar-refractivity contribution in [1.29, 1.82) is 0 Å². The molecule has 17 heteroatoms. The first kappa shape index (κ1) is 46.6. The molecule has 2 amide bonds. The van der Waals surface area contributed by atoms with Gasteiger partial charge >= 0.3 is 0 Å². The first-order valence-electron chi connectivity index (χ1n) is 21.9. The van der Waals surface area contributed by atoms with Gasteiger partial charge in [-0.1, -0.05) is 30.0 Å². The van der Waals surface area contributed by atoms with E-state index >= 15 is 0 Å². The summed E-state index contributed by atoms with van der Waals surface area (Å²) in [5.41, 5.74) is 8.21. The van der Waals surface area contributed by atoms with Crippen molar-refractivity contribution in [1.82, 2.24) is 39.8 Å². The van der Waals surface area contributed by atoms with Gasteiger partial charge in [0, 0.05) is 52.3 Å². The summed E-state index contributed by atoms with van der Waals surface area (Å²) in [6, 6.07) is 20.8. The maximum atomic E-state index is 14.6. The molecule has 0 bridgehead atoms. The average molecular weight is 978 g/mol. The number of anilines is 2. The lowest BCUT2D eigenvalue weighted by atomic mass is 10.0. The summed E-state index contributed by atoms with van der Waals surface area (Å²) in [7, 11) is 0. The molecule has 2 aliphatic rings. The number of rotatable bonds is 14. The number of hydrogen-bond acceptors (Lipinski definition) is 11. The van der Waals surface area contributed by atoms with Crippen molar-refractivity contribution in [2.24, 2.45) is 0 Å². The van der Waals surface area contributed by atoms with E-state index in [0.29, 0.717) is 67.8 Å². The molecule has 0 aliphatic heterocycles. The van der Waals surface area contributed by atoms with Crippen molar-refractivity contribution < 1.29 is 24.2 Å². The second-order valence-electron chi connectivity index (χ2n) is 18.5. The van der Waals surface area contributed by atoms with Gasteiger partial charge in [-0.25, -0.2) is 23.4 Å². The molecule has 0 spiro atoms. The van der Waals surface area contributed by atoms with Crippen LogP contribution in [-0.4, -0.2) is 87.6 Å². The van der Waals surface area contributed by atoms with Crippen molar-refractivity contribution in [2.75, 3.05) is 23.7 Å². The normalized spacial score (nSPS) is 13.9. The Hall–Kier alpha value is -5.88. The highest BCUT2D eigenvalue weighted by molar-refractivity contribution is 9.10. The van der Waals surface area contributed by atoms with Crippen LogP contribution in [0.1, 0.15) is 90.8 Å². The van der Waals surface area contributed by atoms with Crippen LogP contribution in [0, 0.1) is 26.6 Å². The van der Waals surface area contributed by atoms with E-state index in [1.54, 1.807) is 55.2 Å². The highest BCUT2D eigenvalue weighted by Gasteiger charge is 2.26. The third-order valence-electron chi connectivity index (χ3n) is 11.0. The fourth-order valence-electron chi connectivity index (χ4n) is 7.15. The summed E-state index contributed by atoms with van der Waals surface area (Å²) < 4.78 is 18.8. The third-order valence-corrected chi connectivity index (χ3v) is 12.3. The van der Waals surface area contributed by atoms with Gasteiger partial charge in [0.2, 0.25) is 0 Å². The van der Waals surface area contributed by atoms with Crippen LogP contribution in [0.15, 0.2) is 93.6 Å². The summed E-state index contributed by atoms with van der Waals surface area (Å²) in [4.78, 5) is 34.6. The molecule has 66 heavy (non-hydrogen) atoms. The number of aromatic nitrogens is 6. The topological polar surface area (TPSA) is 183 Å². The first-order valence-corrected chi connectivity index (χ1v) is 23.5. The molecule has 3 aromatic carbocycles. The molecule has 0 saturated heterocycles. The SMILES string of the molecule is Cc1cc(-c2cnc3c(NCC(C)(C)O)cc(Br)nn23)ccc1C(=O)NC1CC1.Cc1ccc(Sc2cc(NCC(C)(C)O)c3ncc(-c4ccc(C(=O)NC5CC5)c(C)c4)n3n2)c(F)c1. The van der Waals surface area contributed by atoms with Gasteiger partial charge in [-0.15, -0.1) is 0 Å². The molecule has 0 unspecified atom stereocenters. The number of nitrogens with zero attached hydrogens (tertiary/aromatic N) is 6. The van der Waals surface area contributed by atoms with Crippen LogP contribution in [0.3, 0.4) is 0 Å². The molecule has 6 N–H and O–H groups in total. The molecule has 14 nitrogen and oxygen atoms in total. The van der Waals surface area contributed by atoms with Gasteiger partial charge in [-0.2, -0.15) is 10.2 Å². The number of hydrogen-bond donors (Lipinski definition) is 6. The number of aryl methyl sites for hydroxylation is 3. The quantitative estimate of drug-likeness (QED) is 0.0612. The van der Waals surface area contributed by atoms with Gasteiger partial charge < -0.3 is 31.5 Å². The van der Waals surface area contributed by atoms with Crippen LogP contribution in [-0.2, 0) is 0 Å². The van der Waals surface area contributed by atoms with E-state index in [4.69, 9.17) is 5.10 Å². The number of carbonyl (C=O) groups is 2. The third kappa shape index (κ3) is 11.4. The Morgan fingerprint density at radius 2 is 1.20 bits per heavy atom. The Bertz CT molecular complexity index is 2970. The zero-order valence-corrected chi connectivity index (χ0v) is 40.4. The molecule has 2 saturated carbocycles. The minimum atomic E-state index is -0.944. The van der Waals surface area contributed by atoms with Gasteiger partial charge in [0.25, 0.3) is 11.8 Å². The Labute approximate surface area is 395 Å². The summed E-state index contributed by atoms with van der Waals surface area (Å²) in [5, 5.41) is 42.7. The Kier molecular flexibility index (Phi) is 13.3. The maximum Gasteiger partial charge on any atom is 0.251 e. The summed E-state index contributed by atoms with van der Waals surface area (Å²) >= 11 is 4.68. The molecular weight excluding hydrogens is 924 g/mol. The van der Waals surface area contributed by atoms with Gasteiger partial charge in [-0.05, 0) is 155 Å². The number of benzene rings is 3. The lowest BCUT2D eigenvalue weighted by Crippen LogP contribution is -2.29. The molecule has 0 radical (unpaired) electrons. The predicted molar refractivity (Wildman–Crippen MR) is 260 cm³/mol. The Morgan fingerprint density at radius 3 is 1.65 bits per heavy atom. The number of halogens is 2. The van der Waals surface area contributed by atoms with Crippen molar-refractivity contribution in [3.8, 4) is 22.5 Å². The average Bonchev–Trinajstić information content (AvgIpc) is 4.16. The molecule has 344 valence electrons. The monoisotopic (exact) mass is 976 g/mol. The van der Waals surface area contributed by atoms with Crippen LogP contribution in [0.2, 0.25) is 0 Å². The highest BCUT2D eigenvalue weighted by Crippen LogP contribution is 2.34. The van der Waals surface area contributed by atoms with Crippen LogP contribution >= 0.6 is 27.7 Å². The van der Waals surface area contributed by atoms with E-state index < -0.39 is 11.2 Å². The van der Waals surface area contributed by atoms with Gasteiger partial charge in [0.15, 0.2) is 11.3 Å². The van der Waals surface area contributed by atoms with Crippen molar-refractivity contribution >= 4 is 62.2 Å². The van der Waals surface area contributed by atoms with E-state index in [-0.39, 0.29) is 17.6 Å². The van der Waals surface area contributed by atoms with Crippen LogP contribution in [0.4, 0.5) is 15.8 Å². The fourth-order valence-corrected chi connectivity index (χ4v) is 8.35. The Morgan fingerprint density at radius 1 is 0.712 bits per heavy atom. The largest absolute Gasteiger partial charge is 0.389 e. The number of fused-ring (bicyclic) bond motifs is 2. The molecule has 9 rings (SSSR count). The number of amides is 2. The van der Waals surface area contributed by atoms with Crippen molar-refractivity contribution in [3.63, 3.8) is 0 Å². The molecule has 0 atom stereocenters. The second-order valence-corrected chi connectivity index (χ2v) is 20.3. The molecule has 7 aromatic rings. The van der Waals surface area contributed by atoms with Gasteiger partial charge in [0.1, 0.15) is 15.4 Å². The second kappa shape index (κ2) is 18.8. The number of aliphatic hydroxyl groups is 2. The van der Waals surface area contributed by atoms with Crippen molar-refractivity contribution in [2.45, 2.75) is 107 Å². The fraction of sp³-hybridized carbons (Fsp3) is 0.347. The summed E-state index contributed by atoms with van der Waals surface area (Å²) in [6.07, 6.45) is 7.70. The first-order chi connectivity index (χ1) is 31.3. The number of nitrogens with one attached hydrogen (secondary N) is 4. The van der Waals surface area contributed by atoms with Crippen LogP contribution in [0.5, 0.6) is 0 Å². The summed E-state index contributed by atoms with van der Waals surface area (Å²) in [5.74, 6) is -0.382. The van der Waals surface area contributed by atoms with Gasteiger partial charge in [-0.3, -0.25) is 9.59 Å². The molecule has 2 fully saturated rings. The lowest BCUT2D eigenvalue weighted by Gasteiger charge is -2.19. The van der Waals surface area contributed by atoms with E-state index in [1.807, 2.05) is 75.4 Å². The zero-order chi connectivity index (χ0) is 47.1. The minimum absolute atomic E-state index is 0.0198. The highest BCUT2D eigenvalue weighted by atomic mass is 79.9. The zero-order valence-electron chi connectivity index (χ0n) is 38.0. The van der Waals surface area contributed by atoms with E-state index in [1.165, 1.54) is 17.8 Å². The lowest BCUT2D eigenvalue weighted by molar-refractivity contribution is 0.0939. The number of imidazole rings is 2. The van der Waals surface area contributed by atoms with E-state index in [9.17, 15) is 24.2 Å². The standard InChI is InChI=1S/C28H30FN5O2S.C21H24BrN5O2/c1-16-5-10-24(21(29)11-16)37-25-13-22(31-15-28(3,4)36)26-30-14-23(34(26)33-25)18-6-9-20(17(2)12-18)27(35)32-19-7-8-19;1-12-8-13(4-7-15(12)20(28)25-14-5-6-14)17-10-23-19-16(24-11-21(2,3)29)9-18(22)26-27(17)19/h5-6,9-14,19,31,36H,7-8,15H2,1-4H3,(H,32,35);4,7-10,14,24,29H,5-6,11H2,1-3H3,(H,25,28). The maximum absolute atomic E-state index is 14.6. The minimum Gasteiger partial charge on any atom is -0.389 e. The Balaban J connectivity index is 0.000000185. The van der Waals surface area contributed by atoms with E-state index in [0.717, 1.165) is 70.6 Å². The van der Waals surface area contributed by atoms with Crippen LogP contribution < -0.4 is 21.3 Å².